The van der Waals surface area contributed by atoms with E-state index in [1.54, 1.807) is 73.8 Å². The maximum Gasteiger partial charge on any atom is 0.300 e. The highest BCUT2D eigenvalue weighted by molar-refractivity contribution is 6.51. The van der Waals surface area contributed by atoms with E-state index in [0.717, 1.165) is 0 Å². The van der Waals surface area contributed by atoms with Gasteiger partial charge in [-0.15, -0.1) is 0 Å². The molecule has 1 amide bonds. The fraction of sp³-hybridized carbons (Fsp3) is 0.214. The fourth-order valence-corrected chi connectivity index (χ4v) is 4.21. The second-order valence-corrected chi connectivity index (χ2v) is 7.94. The zero-order chi connectivity index (χ0) is 25.8. The molecule has 1 fully saturated rings. The van der Waals surface area contributed by atoms with E-state index in [1.165, 1.54) is 19.1 Å². The number of hydrogen-bond acceptors (Lipinski definition) is 7. The van der Waals surface area contributed by atoms with Crippen LogP contribution >= 0.6 is 0 Å². The maximum atomic E-state index is 13.4. The monoisotopic (exact) mass is 489 g/mol. The standard InChI is InChI=1S/C28H27NO7/c1-5-36-23-16-17(9-14-22(23)35-4)25-24(26(30)18-7-6-8-21(15-18)34-3)27(31)28(32)29(25)19-10-12-20(33-2)13-11-19/h6-16,25,30H,5H2,1-4H3/b26-24-. The molecule has 1 saturated heterocycles. The van der Waals surface area contributed by atoms with Crippen LogP contribution in [-0.4, -0.2) is 44.7 Å². The molecule has 8 nitrogen and oxygen atoms in total. The number of carbonyl (C=O) groups is 2. The van der Waals surface area contributed by atoms with Gasteiger partial charge in [-0.25, -0.2) is 0 Å². The Morgan fingerprint density at radius 3 is 2.22 bits per heavy atom. The third-order valence-electron chi connectivity index (χ3n) is 5.94. The first-order valence-electron chi connectivity index (χ1n) is 11.3. The van der Waals surface area contributed by atoms with Gasteiger partial charge in [-0.05, 0) is 61.0 Å². The molecule has 4 rings (SSSR count). The number of ether oxygens (including phenoxy) is 4. The van der Waals surface area contributed by atoms with Crippen molar-refractivity contribution >= 4 is 23.1 Å². The van der Waals surface area contributed by atoms with E-state index in [2.05, 4.69) is 0 Å². The lowest BCUT2D eigenvalue weighted by molar-refractivity contribution is -0.132. The van der Waals surface area contributed by atoms with E-state index in [1.807, 2.05) is 6.92 Å². The molecule has 1 unspecified atom stereocenters. The number of ketones is 1. The number of benzene rings is 3. The summed E-state index contributed by atoms with van der Waals surface area (Å²) in [5.41, 5.74) is 1.35. The molecule has 1 aliphatic heterocycles. The molecular weight excluding hydrogens is 462 g/mol. The topological polar surface area (TPSA) is 94.5 Å². The van der Waals surface area contributed by atoms with Crippen molar-refractivity contribution in [1.29, 1.82) is 0 Å². The van der Waals surface area contributed by atoms with E-state index in [-0.39, 0.29) is 11.3 Å². The number of aliphatic hydroxyl groups is 1. The molecule has 0 aliphatic carbocycles. The van der Waals surface area contributed by atoms with Crippen LogP contribution in [0.25, 0.3) is 5.76 Å². The minimum absolute atomic E-state index is 0.0447. The molecule has 0 spiro atoms. The van der Waals surface area contributed by atoms with Gasteiger partial charge in [-0.1, -0.05) is 18.2 Å². The first kappa shape index (κ1) is 24.7. The van der Waals surface area contributed by atoms with Crippen LogP contribution < -0.4 is 23.8 Å². The molecule has 1 aliphatic rings. The highest BCUT2D eigenvalue weighted by Gasteiger charge is 2.47. The van der Waals surface area contributed by atoms with E-state index in [4.69, 9.17) is 18.9 Å². The predicted molar refractivity (Wildman–Crippen MR) is 135 cm³/mol. The number of aliphatic hydroxyl groups excluding tert-OH is 1. The zero-order valence-electron chi connectivity index (χ0n) is 20.5. The minimum Gasteiger partial charge on any atom is -0.507 e. The number of nitrogens with zero attached hydrogens (tertiary/aromatic N) is 1. The van der Waals surface area contributed by atoms with Crippen molar-refractivity contribution < 1.29 is 33.6 Å². The van der Waals surface area contributed by atoms with Crippen LogP contribution in [0.15, 0.2) is 72.3 Å². The van der Waals surface area contributed by atoms with Gasteiger partial charge < -0.3 is 24.1 Å². The Hall–Kier alpha value is -4.46. The fourth-order valence-electron chi connectivity index (χ4n) is 4.21. The second-order valence-electron chi connectivity index (χ2n) is 7.94. The molecule has 1 N–H and O–H groups in total. The van der Waals surface area contributed by atoms with Crippen LogP contribution in [0.5, 0.6) is 23.0 Å². The van der Waals surface area contributed by atoms with Gasteiger partial charge in [-0.2, -0.15) is 0 Å². The number of Topliss-reactive ketones (excluding diaryl/α,β-unsaturated/α-hetero) is 1. The Balaban J connectivity index is 1.95. The van der Waals surface area contributed by atoms with Gasteiger partial charge in [0.25, 0.3) is 11.7 Å². The quantitative estimate of drug-likeness (QED) is 0.278. The Morgan fingerprint density at radius 2 is 1.58 bits per heavy atom. The van der Waals surface area contributed by atoms with Crippen molar-refractivity contribution in [2.45, 2.75) is 13.0 Å². The highest BCUT2D eigenvalue weighted by Crippen LogP contribution is 2.44. The number of carbonyl (C=O) groups excluding carboxylic acids is 2. The molecule has 1 atom stereocenters. The first-order chi connectivity index (χ1) is 17.4. The Labute approximate surface area is 209 Å². The van der Waals surface area contributed by atoms with Gasteiger partial charge in [0.2, 0.25) is 0 Å². The second kappa shape index (κ2) is 10.4. The number of rotatable bonds is 8. The summed E-state index contributed by atoms with van der Waals surface area (Å²) in [7, 11) is 4.58. The lowest BCUT2D eigenvalue weighted by atomic mass is 9.94. The highest BCUT2D eigenvalue weighted by atomic mass is 16.5. The van der Waals surface area contributed by atoms with Crippen molar-refractivity contribution in [1.82, 2.24) is 0 Å². The number of methoxy groups -OCH3 is 3. The molecule has 8 heteroatoms. The average molecular weight is 490 g/mol. The van der Waals surface area contributed by atoms with E-state index >= 15 is 0 Å². The summed E-state index contributed by atoms with van der Waals surface area (Å²) < 4.78 is 21.6. The van der Waals surface area contributed by atoms with E-state index < -0.39 is 17.7 Å². The normalized spacial score (nSPS) is 16.7. The SMILES string of the molecule is CCOc1cc(C2/C(=C(/O)c3cccc(OC)c3)C(=O)C(=O)N2c2ccc(OC)cc2)ccc1OC. The maximum absolute atomic E-state index is 13.4. The van der Waals surface area contributed by atoms with Crippen LogP contribution in [0.3, 0.4) is 0 Å². The Bertz CT molecular complexity index is 1310. The van der Waals surface area contributed by atoms with E-state index in [0.29, 0.717) is 46.4 Å². The van der Waals surface area contributed by atoms with Crippen molar-refractivity contribution in [2.75, 3.05) is 32.8 Å². The van der Waals surface area contributed by atoms with Crippen LogP contribution in [0.1, 0.15) is 24.1 Å². The Morgan fingerprint density at radius 1 is 0.861 bits per heavy atom. The molecule has 0 radical (unpaired) electrons. The van der Waals surface area contributed by atoms with Crippen LogP contribution in [0, 0.1) is 0 Å². The van der Waals surface area contributed by atoms with Gasteiger partial charge in [0.05, 0.1) is 39.6 Å². The lowest BCUT2D eigenvalue weighted by Gasteiger charge is -2.26. The van der Waals surface area contributed by atoms with Crippen molar-refractivity contribution in [3.8, 4) is 23.0 Å². The molecular formula is C28H27NO7. The predicted octanol–water partition coefficient (Wildman–Crippen LogP) is 4.74. The molecule has 186 valence electrons. The largest absolute Gasteiger partial charge is 0.507 e. The molecule has 0 saturated carbocycles. The minimum atomic E-state index is -0.922. The summed E-state index contributed by atoms with van der Waals surface area (Å²) in [4.78, 5) is 28.1. The molecule has 1 heterocycles. The summed E-state index contributed by atoms with van der Waals surface area (Å²) in [6.45, 7) is 2.24. The van der Waals surface area contributed by atoms with Crippen molar-refractivity contribution in [2.24, 2.45) is 0 Å². The van der Waals surface area contributed by atoms with Gasteiger partial charge in [0.1, 0.15) is 17.3 Å². The molecule has 0 bridgehead atoms. The zero-order valence-corrected chi connectivity index (χ0v) is 20.5. The molecule has 3 aromatic rings. The van der Waals surface area contributed by atoms with Gasteiger partial charge in [-0.3, -0.25) is 14.5 Å². The smallest absolute Gasteiger partial charge is 0.300 e. The summed E-state index contributed by atoms with van der Waals surface area (Å²) >= 11 is 0. The molecule has 3 aromatic carbocycles. The Kier molecular flexibility index (Phi) is 7.15. The van der Waals surface area contributed by atoms with Gasteiger partial charge in [0.15, 0.2) is 11.5 Å². The third-order valence-corrected chi connectivity index (χ3v) is 5.94. The van der Waals surface area contributed by atoms with Crippen LogP contribution in [0.2, 0.25) is 0 Å². The van der Waals surface area contributed by atoms with Gasteiger partial charge in [0, 0.05) is 11.3 Å². The first-order valence-corrected chi connectivity index (χ1v) is 11.3. The number of anilines is 1. The van der Waals surface area contributed by atoms with Crippen molar-refractivity contribution in [3.63, 3.8) is 0 Å². The summed E-state index contributed by atoms with van der Waals surface area (Å²) in [5.74, 6) is 0.207. The summed E-state index contributed by atoms with van der Waals surface area (Å²) in [6.07, 6.45) is 0. The third kappa shape index (κ3) is 4.45. The molecule has 36 heavy (non-hydrogen) atoms. The number of amides is 1. The summed E-state index contributed by atoms with van der Waals surface area (Å²) in [5, 5.41) is 11.3. The number of hydrogen-bond donors (Lipinski definition) is 1. The average Bonchev–Trinajstić information content (AvgIpc) is 3.18. The van der Waals surface area contributed by atoms with Gasteiger partial charge >= 0.3 is 0 Å². The van der Waals surface area contributed by atoms with Crippen LogP contribution in [0.4, 0.5) is 5.69 Å². The van der Waals surface area contributed by atoms with Crippen LogP contribution in [-0.2, 0) is 9.59 Å². The molecule has 0 aromatic heterocycles. The van der Waals surface area contributed by atoms with Crippen molar-refractivity contribution in [3.05, 3.63) is 83.4 Å². The van der Waals surface area contributed by atoms with E-state index in [9.17, 15) is 14.7 Å². The lowest BCUT2D eigenvalue weighted by Crippen LogP contribution is -2.29. The summed E-state index contributed by atoms with van der Waals surface area (Å²) in [6, 6.07) is 17.7.